The minimum atomic E-state index is -4.03. The molecular weight excluding hydrogens is 539 g/mol. The number of nitrogens with one attached hydrogen (secondary N) is 2. The van der Waals surface area contributed by atoms with Crippen molar-refractivity contribution in [3.63, 3.8) is 0 Å². The molecule has 3 aromatic heterocycles. The summed E-state index contributed by atoms with van der Waals surface area (Å²) >= 11 is 2.55. The van der Waals surface area contributed by atoms with Gasteiger partial charge in [-0.2, -0.15) is 5.10 Å². The number of anilines is 2. The fourth-order valence-corrected chi connectivity index (χ4v) is 7.19. The maximum Gasteiger partial charge on any atom is 0.265 e. The van der Waals surface area contributed by atoms with E-state index in [0.717, 1.165) is 21.8 Å². The van der Waals surface area contributed by atoms with Crippen LogP contribution < -0.4 is 9.44 Å². The molecule has 0 bridgehead atoms. The van der Waals surface area contributed by atoms with Crippen molar-refractivity contribution in [2.75, 3.05) is 9.44 Å². The van der Waals surface area contributed by atoms with Gasteiger partial charge in [0.2, 0.25) is 0 Å². The quantitative estimate of drug-likeness (QED) is 0.270. The van der Waals surface area contributed by atoms with Crippen LogP contribution in [0.3, 0.4) is 0 Å². The van der Waals surface area contributed by atoms with Crippen molar-refractivity contribution in [3.8, 4) is 10.6 Å². The fraction of sp³-hybridized carbons (Fsp3) is 0.0435. The van der Waals surface area contributed by atoms with Crippen LogP contribution >= 0.6 is 22.7 Å². The molecule has 5 rings (SSSR count). The Morgan fingerprint density at radius 3 is 2.25 bits per heavy atom. The van der Waals surface area contributed by atoms with Gasteiger partial charge in [0, 0.05) is 23.5 Å². The number of benzene rings is 2. The van der Waals surface area contributed by atoms with Gasteiger partial charge in [-0.05, 0) is 41.3 Å². The second kappa shape index (κ2) is 9.85. The monoisotopic (exact) mass is 557 g/mol. The molecule has 0 saturated heterocycles. The van der Waals surface area contributed by atoms with Gasteiger partial charge in [0.1, 0.15) is 10.6 Å². The molecule has 0 radical (unpaired) electrons. The van der Waals surface area contributed by atoms with Crippen LogP contribution in [0.1, 0.15) is 5.56 Å². The first-order chi connectivity index (χ1) is 17.3. The molecular formula is C23H19N5O4S4. The van der Waals surface area contributed by atoms with Gasteiger partial charge in [-0.25, -0.2) is 21.8 Å². The van der Waals surface area contributed by atoms with Crippen molar-refractivity contribution < 1.29 is 16.8 Å². The third kappa shape index (κ3) is 5.33. The number of rotatable bonds is 9. The zero-order valence-corrected chi connectivity index (χ0v) is 21.7. The molecule has 13 heteroatoms. The van der Waals surface area contributed by atoms with Crippen LogP contribution in [-0.2, 0) is 26.6 Å². The Morgan fingerprint density at radius 1 is 0.806 bits per heavy atom. The van der Waals surface area contributed by atoms with Gasteiger partial charge in [-0.15, -0.1) is 22.7 Å². The highest BCUT2D eigenvalue weighted by molar-refractivity contribution is 7.93. The van der Waals surface area contributed by atoms with E-state index < -0.39 is 20.0 Å². The lowest BCUT2D eigenvalue weighted by atomic mass is 10.2. The van der Waals surface area contributed by atoms with Gasteiger partial charge < -0.3 is 0 Å². The Kier molecular flexibility index (Phi) is 6.62. The third-order valence-corrected chi connectivity index (χ3v) is 9.46. The number of hydrogen-bond donors (Lipinski definition) is 2. The molecule has 36 heavy (non-hydrogen) atoms. The average molecular weight is 558 g/mol. The number of nitrogens with zero attached hydrogens (tertiary/aromatic N) is 3. The Bertz CT molecular complexity index is 1660. The first kappa shape index (κ1) is 24.2. The van der Waals surface area contributed by atoms with Crippen LogP contribution in [0.2, 0.25) is 0 Å². The molecule has 0 aliphatic carbocycles. The molecule has 0 atom stereocenters. The normalized spacial score (nSPS) is 11.9. The maximum atomic E-state index is 13.4. The standard InChI is InChI=1S/C23H19N5O4S4/c29-35(30,27-23-24-12-14-34-23)19-10-8-18(9-11-19)26-36(31,32)21-16-28(15-17-5-2-1-3-6-17)25-22(21)20-7-4-13-33-20/h1-14,16,26H,15H2,(H,24,27). The number of thiophene rings is 1. The SMILES string of the molecule is O=S(=O)(Nc1nccs1)c1ccc(NS(=O)(=O)c2cn(Cc3ccccc3)nc2-c2cccs2)cc1. The van der Waals surface area contributed by atoms with E-state index in [9.17, 15) is 16.8 Å². The van der Waals surface area contributed by atoms with Crippen LogP contribution in [-0.4, -0.2) is 31.6 Å². The number of hydrogen-bond acceptors (Lipinski definition) is 8. The van der Waals surface area contributed by atoms with Gasteiger partial charge in [-0.3, -0.25) is 14.1 Å². The minimum Gasteiger partial charge on any atom is -0.280 e. The fourth-order valence-electron chi connectivity index (χ4n) is 3.40. The number of sulfonamides is 2. The van der Waals surface area contributed by atoms with Crippen LogP contribution in [0, 0.1) is 0 Å². The van der Waals surface area contributed by atoms with Crippen LogP contribution in [0.15, 0.2) is 99.7 Å². The molecule has 2 N–H and O–H groups in total. The first-order valence-electron chi connectivity index (χ1n) is 10.5. The van der Waals surface area contributed by atoms with Crippen molar-refractivity contribution in [2.45, 2.75) is 16.3 Å². The van der Waals surface area contributed by atoms with E-state index in [1.165, 1.54) is 48.0 Å². The van der Waals surface area contributed by atoms with E-state index in [4.69, 9.17) is 0 Å². The van der Waals surface area contributed by atoms with Gasteiger partial charge in [0.25, 0.3) is 20.0 Å². The summed E-state index contributed by atoms with van der Waals surface area (Å²) in [5, 5.41) is 8.31. The van der Waals surface area contributed by atoms with Gasteiger partial charge >= 0.3 is 0 Å². The smallest absolute Gasteiger partial charge is 0.265 e. The molecule has 9 nitrogen and oxygen atoms in total. The maximum absolute atomic E-state index is 13.4. The van der Waals surface area contributed by atoms with Crippen molar-refractivity contribution >= 4 is 53.5 Å². The Balaban J connectivity index is 1.41. The lowest BCUT2D eigenvalue weighted by Gasteiger charge is -2.09. The molecule has 2 aromatic carbocycles. The Hall–Kier alpha value is -3.52. The van der Waals surface area contributed by atoms with Crippen LogP contribution in [0.25, 0.3) is 10.6 Å². The third-order valence-electron chi connectivity index (χ3n) is 5.03. The number of thiazole rings is 1. The molecule has 0 aliphatic heterocycles. The second-order valence-corrected chi connectivity index (χ2v) is 12.8. The lowest BCUT2D eigenvalue weighted by molar-refractivity contribution is 0.600. The Morgan fingerprint density at radius 2 is 1.58 bits per heavy atom. The van der Waals surface area contributed by atoms with Crippen molar-refractivity contribution in [1.82, 2.24) is 14.8 Å². The molecule has 0 fully saturated rings. The molecule has 0 aliphatic rings. The minimum absolute atomic E-state index is 0.0180. The summed E-state index contributed by atoms with van der Waals surface area (Å²) in [6, 6.07) is 18.7. The summed E-state index contributed by atoms with van der Waals surface area (Å²) in [7, 11) is -7.88. The van der Waals surface area contributed by atoms with Crippen LogP contribution in [0.4, 0.5) is 10.8 Å². The van der Waals surface area contributed by atoms with Gasteiger partial charge in [0.15, 0.2) is 5.13 Å². The first-order valence-corrected chi connectivity index (χ1v) is 15.2. The molecule has 3 heterocycles. The Labute approximate surface area is 216 Å². The van der Waals surface area contributed by atoms with Crippen molar-refractivity contribution in [2.24, 2.45) is 0 Å². The average Bonchev–Trinajstić information content (AvgIpc) is 3.62. The van der Waals surface area contributed by atoms with E-state index in [1.54, 1.807) is 10.1 Å². The highest BCUT2D eigenvalue weighted by atomic mass is 32.2. The topological polar surface area (TPSA) is 123 Å². The lowest BCUT2D eigenvalue weighted by Crippen LogP contribution is -2.14. The summed E-state index contributed by atoms with van der Waals surface area (Å²) in [6.45, 7) is 0.410. The van der Waals surface area contributed by atoms with E-state index in [1.807, 2.05) is 47.8 Å². The summed E-state index contributed by atoms with van der Waals surface area (Å²) in [5.74, 6) is 0. The van der Waals surface area contributed by atoms with E-state index in [2.05, 4.69) is 19.5 Å². The van der Waals surface area contributed by atoms with E-state index in [-0.39, 0.29) is 20.6 Å². The zero-order valence-electron chi connectivity index (χ0n) is 18.5. The zero-order chi connectivity index (χ0) is 25.2. The molecule has 0 unspecified atom stereocenters. The van der Waals surface area contributed by atoms with Gasteiger partial charge in [-0.1, -0.05) is 36.4 Å². The molecule has 5 aromatic rings. The second-order valence-electron chi connectivity index (χ2n) is 7.58. The predicted molar refractivity (Wildman–Crippen MR) is 141 cm³/mol. The molecule has 0 spiro atoms. The van der Waals surface area contributed by atoms with E-state index in [0.29, 0.717) is 12.2 Å². The summed E-state index contributed by atoms with van der Waals surface area (Å²) in [6.07, 6.45) is 2.99. The molecule has 0 saturated carbocycles. The summed E-state index contributed by atoms with van der Waals surface area (Å²) in [4.78, 5) is 4.65. The summed E-state index contributed by atoms with van der Waals surface area (Å²) in [5.41, 5.74) is 1.55. The number of aromatic nitrogens is 3. The van der Waals surface area contributed by atoms with Crippen LogP contribution in [0.5, 0.6) is 0 Å². The summed E-state index contributed by atoms with van der Waals surface area (Å²) < 4.78 is 58.4. The van der Waals surface area contributed by atoms with E-state index >= 15 is 0 Å². The van der Waals surface area contributed by atoms with Gasteiger partial charge in [0.05, 0.1) is 16.3 Å². The largest absolute Gasteiger partial charge is 0.280 e. The molecule has 0 amide bonds. The highest BCUT2D eigenvalue weighted by Crippen LogP contribution is 2.31. The molecule has 184 valence electrons. The van der Waals surface area contributed by atoms with Crippen molar-refractivity contribution in [1.29, 1.82) is 0 Å². The highest BCUT2D eigenvalue weighted by Gasteiger charge is 2.25. The van der Waals surface area contributed by atoms with Crippen molar-refractivity contribution in [3.05, 3.63) is 95.4 Å². The predicted octanol–water partition coefficient (Wildman–Crippen LogP) is 4.72.